The highest BCUT2D eigenvalue weighted by atomic mass is 16.5. The van der Waals surface area contributed by atoms with Crippen LogP contribution in [0.3, 0.4) is 0 Å². The van der Waals surface area contributed by atoms with Crippen molar-refractivity contribution < 1.29 is 19.1 Å². The first-order chi connectivity index (χ1) is 19.5. The number of hydrogen-bond donors (Lipinski definition) is 0. The standard InChI is InChI=1S/C32H32N4O4/c37-29-11-13-35(14-12-29)32(39)21-23-1-6-28(7-2-23)36-30-10-3-24(19-26(30)22-33-36)20-31(38)25-4-8-27(9-5-25)34-15-17-40-18-16-34/h1-10,19,22H,11-18,20-21H2. The second-order valence-electron chi connectivity index (χ2n) is 10.5. The Morgan fingerprint density at radius 3 is 2.17 bits per heavy atom. The zero-order valence-electron chi connectivity index (χ0n) is 22.4. The number of rotatable bonds is 7. The van der Waals surface area contributed by atoms with Gasteiger partial charge in [0.15, 0.2) is 5.78 Å². The van der Waals surface area contributed by atoms with Crippen molar-refractivity contribution in [2.24, 2.45) is 0 Å². The van der Waals surface area contributed by atoms with Crippen molar-refractivity contribution >= 4 is 34.1 Å². The number of morpholine rings is 1. The molecule has 0 bridgehead atoms. The molecule has 3 heterocycles. The van der Waals surface area contributed by atoms with Gasteiger partial charge in [-0.15, -0.1) is 0 Å². The maximum atomic E-state index is 13.0. The molecule has 2 saturated heterocycles. The summed E-state index contributed by atoms with van der Waals surface area (Å²) >= 11 is 0. The number of nitrogens with zero attached hydrogens (tertiary/aromatic N) is 4. The molecule has 1 aromatic heterocycles. The number of anilines is 1. The number of piperidine rings is 1. The van der Waals surface area contributed by atoms with E-state index in [0.717, 1.165) is 59.7 Å². The Morgan fingerprint density at radius 1 is 0.775 bits per heavy atom. The van der Waals surface area contributed by atoms with Gasteiger partial charge in [0.2, 0.25) is 5.91 Å². The predicted octanol–water partition coefficient (Wildman–Crippen LogP) is 4.02. The maximum absolute atomic E-state index is 13.0. The summed E-state index contributed by atoms with van der Waals surface area (Å²) in [4.78, 5) is 41.1. The molecule has 8 heteroatoms. The van der Waals surface area contributed by atoms with Gasteiger partial charge in [-0.1, -0.05) is 18.2 Å². The lowest BCUT2D eigenvalue weighted by Gasteiger charge is -2.28. The molecule has 40 heavy (non-hydrogen) atoms. The summed E-state index contributed by atoms with van der Waals surface area (Å²) in [7, 11) is 0. The van der Waals surface area contributed by atoms with Crippen molar-refractivity contribution in [3.05, 3.63) is 89.6 Å². The Hall–Kier alpha value is -4.30. The first-order valence-electron chi connectivity index (χ1n) is 13.8. The van der Waals surface area contributed by atoms with Gasteiger partial charge >= 0.3 is 0 Å². The van der Waals surface area contributed by atoms with E-state index in [-0.39, 0.29) is 17.5 Å². The second-order valence-corrected chi connectivity index (χ2v) is 10.5. The number of ketones is 2. The van der Waals surface area contributed by atoms with Crippen LogP contribution in [0.4, 0.5) is 5.69 Å². The maximum Gasteiger partial charge on any atom is 0.227 e. The monoisotopic (exact) mass is 536 g/mol. The summed E-state index contributed by atoms with van der Waals surface area (Å²) in [6.45, 7) is 4.24. The first-order valence-corrected chi connectivity index (χ1v) is 13.8. The van der Waals surface area contributed by atoms with Gasteiger partial charge in [-0.25, -0.2) is 4.68 Å². The summed E-state index contributed by atoms with van der Waals surface area (Å²) in [5, 5.41) is 5.54. The number of amides is 1. The summed E-state index contributed by atoms with van der Waals surface area (Å²) in [5.41, 5.74) is 5.56. The van der Waals surface area contributed by atoms with Crippen LogP contribution in [0.1, 0.15) is 34.3 Å². The number of carbonyl (C=O) groups is 3. The molecule has 204 valence electrons. The summed E-state index contributed by atoms with van der Waals surface area (Å²) in [5.74, 6) is 0.370. The zero-order valence-corrected chi connectivity index (χ0v) is 22.4. The van der Waals surface area contributed by atoms with Crippen molar-refractivity contribution in [1.82, 2.24) is 14.7 Å². The van der Waals surface area contributed by atoms with E-state index in [1.165, 1.54) is 0 Å². The van der Waals surface area contributed by atoms with E-state index in [1.54, 1.807) is 4.90 Å². The van der Waals surface area contributed by atoms with Crippen LogP contribution in [-0.4, -0.2) is 71.5 Å². The highest BCUT2D eigenvalue weighted by Crippen LogP contribution is 2.22. The number of Topliss-reactive ketones (excluding diaryl/α,β-unsaturated/α-hetero) is 2. The van der Waals surface area contributed by atoms with Gasteiger partial charge in [-0.05, 0) is 59.7 Å². The molecule has 8 nitrogen and oxygen atoms in total. The first kappa shape index (κ1) is 26.0. The van der Waals surface area contributed by atoms with Crippen LogP contribution in [0, 0.1) is 0 Å². The highest BCUT2D eigenvalue weighted by Gasteiger charge is 2.21. The molecule has 0 atom stereocenters. The van der Waals surface area contributed by atoms with E-state index < -0.39 is 0 Å². The molecule has 2 aliphatic rings. The van der Waals surface area contributed by atoms with Gasteiger partial charge in [-0.2, -0.15) is 5.10 Å². The second kappa shape index (κ2) is 11.4. The molecular formula is C32H32N4O4. The molecule has 4 aromatic rings. The number of benzene rings is 3. The van der Waals surface area contributed by atoms with Crippen LogP contribution in [0.2, 0.25) is 0 Å². The minimum Gasteiger partial charge on any atom is -0.378 e. The Labute approximate surface area is 233 Å². The van der Waals surface area contributed by atoms with Gasteiger partial charge in [0.1, 0.15) is 5.78 Å². The van der Waals surface area contributed by atoms with Crippen LogP contribution in [0.15, 0.2) is 72.9 Å². The molecule has 1 amide bonds. The van der Waals surface area contributed by atoms with Crippen molar-refractivity contribution in [3.8, 4) is 5.69 Å². The third-order valence-electron chi connectivity index (χ3n) is 7.77. The summed E-state index contributed by atoms with van der Waals surface area (Å²) in [6, 6.07) is 21.7. The van der Waals surface area contributed by atoms with Crippen molar-refractivity contribution in [2.75, 3.05) is 44.3 Å². The molecule has 0 N–H and O–H groups in total. The fraction of sp³-hybridized carbons (Fsp3) is 0.312. The van der Waals surface area contributed by atoms with E-state index >= 15 is 0 Å². The Kier molecular flexibility index (Phi) is 7.42. The number of carbonyl (C=O) groups excluding carboxylic acids is 3. The summed E-state index contributed by atoms with van der Waals surface area (Å²) < 4.78 is 7.29. The Morgan fingerprint density at radius 2 is 1.45 bits per heavy atom. The number of fused-ring (bicyclic) bond motifs is 1. The molecular weight excluding hydrogens is 504 g/mol. The van der Waals surface area contributed by atoms with Crippen LogP contribution >= 0.6 is 0 Å². The fourth-order valence-electron chi connectivity index (χ4n) is 5.41. The lowest BCUT2D eigenvalue weighted by molar-refractivity contribution is -0.133. The highest BCUT2D eigenvalue weighted by molar-refractivity contribution is 5.98. The minimum absolute atomic E-state index is 0.0555. The number of aromatic nitrogens is 2. The predicted molar refractivity (Wildman–Crippen MR) is 153 cm³/mol. The van der Waals surface area contributed by atoms with Gasteiger partial charge in [0.05, 0.1) is 37.0 Å². The third kappa shape index (κ3) is 5.67. The van der Waals surface area contributed by atoms with E-state index in [0.29, 0.717) is 44.3 Å². The number of hydrogen-bond acceptors (Lipinski definition) is 6. The number of likely N-dealkylation sites (tertiary alicyclic amines) is 1. The van der Waals surface area contributed by atoms with E-state index in [1.807, 2.05) is 77.6 Å². The molecule has 2 aliphatic heterocycles. The van der Waals surface area contributed by atoms with Crippen LogP contribution < -0.4 is 4.90 Å². The van der Waals surface area contributed by atoms with Crippen LogP contribution in [-0.2, 0) is 27.2 Å². The minimum atomic E-state index is 0.0555. The van der Waals surface area contributed by atoms with Gasteiger partial charge in [0, 0.05) is 62.1 Å². The van der Waals surface area contributed by atoms with Gasteiger partial charge in [0.25, 0.3) is 0 Å². The average Bonchev–Trinajstić information content (AvgIpc) is 3.42. The number of ether oxygens (including phenoxy) is 1. The molecule has 6 rings (SSSR count). The van der Waals surface area contributed by atoms with Crippen molar-refractivity contribution in [1.29, 1.82) is 0 Å². The molecule has 0 radical (unpaired) electrons. The van der Waals surface area contributed by atoms with Gasteiger partial charge in [-0.3, -0.25) is 14.4 Å². The third-order valence-corrected chi connectivity index (χ3v) is 7.77. The molecule has 0 unspecified atom stereocenters. The van der Waals surface area contributed by atoms with E-state index in [4.69, 9.17) is 4.74 Å². The lowest BCUT2D eigenvalue weighted by Crippen LogP contribution is -2.39. The zero-order chi connectivity index (χ0) is 27.5. The van der Waals surface area contributed by atoms with Crippen LogP contribution in [0.5, 0.6) is 0 Å². The fourth-order valence-corrected chi connectivity index (χ4v) is 5.41. The van der Waals surface area contributed by atoms with E-state index in [2.05, 4.69) is 10.00 Å². The van der Waals surface area contributed by atoms with Crippen molar-refractivity contribution in [2.45, 2.75) is 25.7 Å². The van der Waals surface area contributed by atoms with Gasteiger partial charge < -0.3 is 14.5 Å². The molecule has 0 spiro atoms. The Bertz CT molecular complexity index is 1530. The molecule has 0 aliphatic carbocycles. The van der Waals surface area contributed by atoms with Crippen molar-refractivity contribution in [3.63, 3.8) is 0 Å². The average molecular weight is 537 g/mol. The topological polar surface area (TPSA) is 84.7 Å². The molecule has 0 saturated carbocycles. The summed E-state index contributed by atoms with van der Waals surface area (Å²) in [6.07, 6.45) is 3.37. The van der Waals surface area contributed by atoms with Crippen LogP contribution in [0.25, 0.3) is 16.6 Å². The SMILES string of the molecule is O=C1CCN(C(=O)Cc2ccc(-n3ncc4cc(CC(=O)c5ccc(N6CCOCC6)cc5)ccc43)cc2)CC1. The lowest BCUT2D eigenvalue weighted by atomic mass is 10.0. The quantitative estimate of drug-likeness (QED) is 0.332. The van der Waals surface area contributed by atoms with E-state index in [9.17, 15) is 14.4 Å². The molecule has 2 fully saturated rings. The molecule has 3 aromatic carbocycles. The largest absolute Gasteiger partial charge is 0.378 e. The normalized spacial score (nSPS) is 15.9. The smallest absolute Gasteiger partial charge is 0.227 e. The Balaban J connectivity index is 1.10.